The Kier molecular flexibility index (Phi) is 3.85. The van der Waals surface area contributed by atoms with E-state index in [-0.39, 0.29) is 18.1 Å². The van der Waals surface area contributed by atoms with Crippen LogP contribution in [0.15, 0.2) is 0 Å². The number of ether oxygens (including phenoxy) is 1. The second-order valence-corrected chi connectivity index (χ2v) is 5.71. The molecule has 1 aromatic rings. The van der Waals surface area contributed by atoms with Crippen molar-refractivity contribution >= 4 is 22.6 Å². The summed E-state index contributed by atoms with van der Waals surface area (Å²) >= 11 is 1.35. The Morgan fingerprint density at radius 2 is 2.11 bits per heavy atom. The van der Waals surface area contributed by atoms with Crippen molar-refractivity contribution in [1.82, 2.24) is 9.36 Å². The molecule has 1 aromatic heterocycles. The van der Waals surface area contributed by atoms with Gasteiger partial charge in [0.1, 0.15) is 11.9 Å². The summed E-state index contributed by atoms with van der Waals surface area (Å²) in [4.78, 5) is 18.1. The average Bonchev–Trinajstić information content (AvgIpc) is 3.04. The molecule has 1 aliphatic carbocycles. The molecule has 0 saturated heterocycles. The lowest BCUT2D eigenvalue weighted by molar-refractivity contribution is -0.148. The van der Waals surface area contributed by atoms with Crippen molar-refractivity contribution in [2.75, 3.05) is 11.9 Å². The smallest absolute Gasteiger partial charge is 0.328 e. The third-order valence-electron chi connectivity index (χ3n) is 2.95. The number of nitrogens with zero attached hydrogens (tertiary/aromatic N) is 3. The van der Waals surface area contributed by atoms with E-state index in [1.807, 2.05) is 32.7 Å². The summed E-state index contributed by atoms with van der Waals surface area (Å²) in [5.74, 6) is 1.24. The highest BCUT2D eigenvalue weighted by molar-refractivity contribution is 7.09. The average molecular weight is 269 g/mol. The van der Waals surface area contributed by atoms with Crippen LogP contribution in [0.5, 0.6) is 0 Å². The first-order valence-corrected chi connectivity index (χ1v) is 7.03. The van der Waals surface area contributed by atoms with Gasteiger partial charge in [-0.15, -0.1) is 0 Å². The summed E-state index contributed by atoms with van der Waals surface area (Å²) in [6.07, 6.45) is 2.28. The molecule has 1 fully saturated rings. The van der Waals surface area contributed by atoms with Gasteiger partial charge in [-0.05, 0) is 33.6 Å². The fraction of sp³-hybridized carbons (Fsp3) is 0.750. The fourth-order valence-corrected chi connectivity index (χ4v) is 2.32. The fourth-order valence-electron chi connectivity index (χ4n) is 1.53. The largest absolute Gasteiger partial charge is 0.461 e. The van der Waals surface area contributed by atoms with Crippen LogP contribution in [0.3, 0.4) is 0 Å². The Bertz CT molecular complexity index is 429. The second kappa shape index (κ2) is 5.22. The van der Waals surface area contributed by atoms with Gasteiger partial charge >= 0.3 is 5.97 Å². The molecule has 1 atom stereocenters. The van der Waals surface area contributed by atoms with E-state index in [9.17, 15) is 4.79 Å². The van der Waals surface area contributed by atoms with E-state index in [0.29, 0.717) is 5.92 Å². The highest BCUT2D eigenvalue weighted by Crippen LogP contribution is 2.39. The minimum Gasteiger partial charge on any atom is -0.461 e. The molecule has 5 nitrogen and oxygen atoms in total. The number of hydrogen-bond acceptors (Lipinski definition) is 6. The number of carbonyl (C=O) groups is 1. The van der Waals surface area contributed by atoms with Crippen LogP contribution < -0.4 is 4.90 Å². The molecule has 1 unspecified atom stereocenters. The first kappa shape index (κ1) is 13.3. The molecule has 0 amide bonds. The Hall–Kier alpha value is -1.17. The number of esters is 1. The van der Waals surface area contributed by atoms with Gasteiger partial charge in [0.05, 0.1) is 6.10 Å². The first-order chi connectivity index (χ1) is 8.49. The Morgan fingerprint density at radius 3 is 2.67 bits per heavy atom. The maximum absolute atomic E-state index is 11.8. The van der Waals surface area contributed by atoms with Crippen molar-refractivity contribution in [3.63, 3.8) is 0 Å². The maximum Gasteiger partial charge on any atom is 0.328 e. The summed E-state index contributed by atoms with van der Waals surface area (Å²) in [7, 11) is 1.85. The molecule has 1 saturated carbocycles. The van der Waals surface area contributed by atoms with Gasteiger partial charge in [-0.2, -0.15) is 4.37 Å². The lowest BCUT2D eigenvalue weighted by Crippen LogP contribution is -2.38. The Balaban J connectivity index is 1.99. The van der Waals surface area contributed by atoms with E-state index in [1.54, 1.807) is 0 Å². The van der Waals surface area contributed by atoms with E-state index < -0.39 is 0 Å². The molecule has 0 radical (unpaired) electrons. The highest BCUT2D eigenvalue weighted by Gasteiger charge is 2.29. The van der Waals surface area contributed by atoms with Crippen molar-refractivity contribution in [3.05, 3.63) is 5.82 Å². The van der Waals surface area contributed by atoms with Crippen LogP contribution in [-0.2, 0) is 9.53 Å². The first-order valence-electron chi connectivity index (χ1n) is 6.26. The molecule has 18 heavy (non-hydrogen) atoms. The summed E-state index contributed by atoms with van der Waals surface area (Å²) in [5.41, 5.74) is 0. The SMILES string of the molecule is CC(C)OC(=O)C(C)N(C)c1nc(C2CC2)ns1. The molecule has 6 heteroatoms. The van der Waals surface area contributed by atoms with Gasteiger partial charge in [0.25, 0.3) is 0 Å². The van der Waals surface area contributed by atoms with Gasteiger partial charge in [-0.3, -0.25) is 0 Å². The van der Waals surface area contributed by atoms with Gasteiger partial charge in [0.2, 0.25) is 5.13 Å². The topological polar surface area (TPSA) is 55.3 Å². The zero-order valence-corrected chi connectivity index (χ0v) is 12.0. The van der Waals surface area contributed by atoms with Crippen molar-refractivity contribution in [2.45, 2.75) is 51.7 Å². The Labute approximate surface area is 111 Å². The van der Waals surface area contributed by atoms with Gasteiger partial charge in [-0.1, -0.05) is 0 Å². The minimum absolute atomic E-state index is 0.0928. The summed E-state index contributed by atoms with van der Waals surface area (Å²) in [6.45, 7) is 5.52. The van der Waals surface area contributed by atoms with E-state index in [2.05, 4.69) is 9.36 Å². The predicted molar refractivity (Wildman–Crippen MR) is 71.0 cm³/mol. The zero-order chi connectivity index (χ0) is 13.3. The van der Waals surface area contributed by atoms with Crippen LogP contribution in [0.2, 0.25) is 0 Å². The van der Waals surface area contributed by atoms with Crippen molar-refractivity contribution < 1.29 is 9.53 Å². The lowest BCUT2D eigenvalue weighted by atomic mass is 10.3. The van der Waals surface area contributed by atoms with E-state index in [0.717, 1.165) is 11.0 Å². The number of anilines is 1. The normalized spacial score (nSPS) is 16.7. The number of rotatable bonds is 5. The van der Waals surface area contributed by atoms with Crippen molar-refractivity contribution in [2.24, 2.45) is 0 Å². The molecule has 100 valence electrons. The maximum atomic E-state index is 11.8. The summed E-state index contributed by atoms with van der Waals surface area (Å²) < 4.78 is 9.54. The quantitative estimate of drug-likeness (QED) is 0.767. The number of carbonyl (C=O) groups excluding carboxylic acids is 1. The monoisotopic (exact) mass is 269 g/mol. The van der Waals surface area contributed by atoms with E-state index >= 15 is 0 Å². The lowest BCUT2D eigenvalue weighted by Gasteiger charge is -2.23. The van der Waals surface area contributed by atoms with Gasteiger partial charge in [0.15, 0.2) is 0 Å². The van der Waals surface area contributed by atoms with Crippen molar-refractivity contribution in [1.29, 1.82) is 0 Å². The van der Waals surface area contributed by atoms with Crippen LogP contribution in [0.4, 0.5) is 5.13 Å². The highest BCUT2D eigenvalue weighted by atomic mass is 32.1. The van der Waals surface area contributed by atoms with Crippen LogP contribution in [0.25, 0.3) is 0 Å². The van der Waals surface area contributed by atoms with Crippen molar-refractivity contribution in [3.8, 4) is 0 Å². The summed E-state index contributed by atoms with van der Waals surface area (Å²) in [5, 5.41) is 0.783. The molecule has 0 bridgehead atoms. The molecule has 0 aromatic carbocycles. The predicted octanol–water partition coefficient (Wildman–Crippen LogP) is 2.19. The molecular weight excluding hydrogens is 250 g/mol. The molecule has 0 aliphatic heterocycles. The van der Waals surface area contributed by atoms with Gasteiger partial charge in [0, 0.05) is 24.5 Å². The number of hydrogen-bond donors (Lipinski definition) is 0. The van der Waals surface area contributed by atoms with E-state index in [1.165, 1.54) is 24.4 Å². The Morgan fingerprint density at radius 1 is 1.44 bits per heavy atom. The van der Waals surface area contributed by atoms with E-state index in [4.69, 9.17) is 4.74 Å². The van der Waals surface area contributed by atoms with Gasteiger partial charge < -0.3 is 9.64 Å². The van der Waals surface area contributed by atoms with Gasteiger partial charge in [-0.25, -0.2) is 9.78 Å². The van der Waals surface area contributed by atoms with Crippen LogP contribution in [0.1, 0.15) is 45.4 Å². The molecular formula is C12H19N3O2S. The second-order valence-electron chi connectivity index (χ2n) is 4.98. The standard InChI is InChI=1S/C12H19N3O2S/c1-7(2)17-11(16)8(3)15(4)12-13-10(14-18-12)9-5-6-9/h7-9H,5-6H2,1-4H3. The molecule has 1 aliphatic rings. The zero-order valence-electron chi connectivity index (χ0n) is 11.2. The summed E-state index contributed by atoms with van der Waals surface area (Å²) in [6, 6.07) is -0.340. The van der Waals surface area contributed by atoms with Crippen LogP contribution >= 0.6 is 11.5 Å². The third kappa shape index (κ3) is 2.98. The number of likely N-dealkylation sites (N-methyl/N-ethyl adjacent to an activating group) is 1. The molecule has 0 spiro atoms. The minimum atomic E-state index is -0.340. The molecule has 2 rings (SSSR count). The number of aromatic nitrogens is 2. The van der Waals surface area contributed by atoms with Crippen LogP contribution in [-0.4, -0.2) is 34.5 Å². The molecule has 1 heterocycles. The molecule has 0 N–H and O–H groups in total. The third-order valence-corrected chi connectivity index (χ3v) is 3.77. The van der Waals surface area contributed by atoms with Crippen LogP contribution in [0, 0.1) is 0 Å².